The molecule has 2 rings (SSSR count). The van der Waals surface area contributed by atoms with Crippen LogP contribution in [0.4, 0.5) is 0 Å². The molecule has 1 aromatic heterocycles. The molecule has 0 aliphatic carbocycles. The van der Waals surface area contributed by atoms with Crippen molar-refractivity contribution in [2.24, 2.45) is 0 Å². The van der Waals surface area contributed by atoms with Crippen molar-refractivity contribution < 1.29 is 34.8 Å². The molecular weight excluding hydrogens is 450 g/mol. The van der Waals surface area contributed by atoms with Gasteiger partial charge in [-0.2, -0.15) is 0 Å². The van der Waals surface area contributed by atoms with Crippen molar-refractivity contribution in [1.29, 1.82) is 0 Å². The summed E-state index contributed by atoms with van der Waals surface area (Å²) in [6, 6.07) is 10.1. The zero-order valence-corrected chi connectivity index (χ0v) is 19.9. The molecule has 0 bridgehead atoms. The summed E-state index contributed by atoms with van der Waals surface area (Å²) in [5, 5.41) is 33.5. The van der Waals surface area contributed by atoms with Gasteiger partial charge < -0.3 is 30.2 Å². The monoisotopic (exact) mass is 481 g/mol. The summed E-state index contributed by atoms with van der Waals surface area (Å²) < 4.78 is 0. The lowest BCUT2D eigenvalue weighted by molar-refractivity contribution is -0.165. The number of amides is 1. The van der Waals surface area contributed by atoms with Gasteiger partial charge in [-0.15, -0.1) is 11.3 Å². The summed E-state index contributed by atoms with van der Waals surface area (Å²) in [7, 11) is 4.05. The topological polar surface area (TPSA) is 152 Å². The molecule has 2 aromatic rings. The van der Waals surface area contributed by atoms with Crippen LogP contribution in [-0.4, -0.2) is 99.0 Å². The lowest BCUT2D eigenvalue weighted by atomic mass is 10.1. The molecule has 2 atom stereocenters. The largest absolute Gasteiger partial charge is 0.479 e. The van der Waals surface area contributed by atoms with Crippen molar-refractivity contribution in [3.8, 4) is 11.3 Å². The van der Waals surface area contributed by atoms with Crippen molar-refractivity contribution in [3.63, 3.8) is 0 Å². The molecule has 4 N–H and O–H groups in total. The van der Waals surface area contributed by atoms with E-state index >= 15 is 0 Å². The third kappa shape index (κ3) is 9.26. The van der Waals surface area contributed by atoms with E-state index in [-0.39, 0.29) is 5.91 Å². The molecule has 1 aromatic carbocycles. The Morgan fingerprint density at radius 2 is 1.55 bits per heavy atom. The number of carbonyl (C=O) groups excluding carboxylic acids is 1. The van der Waals surface area contributed by atoms with Gasteiger partial charge in [0.1, 0.15) is 0 Å². The van der Waals surface area contributed by atoms with E-state index < -0.39 is 24.1 Å². The molecule has 11 heteroatoms. The molecule has 0 saturated carbocycles. The first-order valence-electron chi connectivity index (χ1n) is 10.2. The van der Waals surface area contributed by atoms with Crippen LogP contribution in [0.25, 0.3) is 11.3 Å². The van der Waals surface area contributed by atoms with E-state index in [4.69, 9.17) is 20.4 Å². The number of benzene rings is 1. The molecule has 10 nitrogen and oxygen atoms in total. The second-order valence-electron chi connectivity index (χ2n) is 7.39. The number of hydrogen-bond donors (Lipinski definition) is 4. The number of aryl methyl sites for hydroxylation is 1. The minimum Gasteiger partial charge on any atom is -0.479 e. The maximum absolute atomic E-state index is 12.6. The van der Waals surface area contributed by atoms with Crippen molar-refractivity contribution in [2.75, 3.05) is 33.7 Å². The first kappa shape index (κ1) is 28.2. The van der Waals surface area contributed by atoms with Gasteiger partial charge in [0.2, 0.25) is 5.91 Å². The number of aliphatic hydroxyl groups excluding tert-OH is 2. The standard InChI is InChI=1S/C18H25N3OS.C4H6O6/c1-5-21(12-11-20(3)4)17(22)13-16-18(19-14(2)23-16)15-9-7-6-8-10-15;5-1(3(7)8)2(6)4(9)10/h6-10H,5,11-13H2,1-4H3;1-2,5-6H,(H,7,8)(H,9,10). The summed E-state index contributed by atoms with van der Waals surface area (Å²) in [5.41, 5.74) is 2.03. The molecule has 33 heavy (non-hydrogen) atoms. The van der Waals surface area contributed by atoms with Gasteiger partial charge >= 0.3 is 11.9 Å². The van der Waals surface area contributed by atoms with Crippen molar-refractivity contribution in [3.05, 3.63) is 40.2 Å². The highest BCUT2D eigenvalue weighted by Crippen LogP contribution is 2.28. The number of aliphatic carboxylic acids is 2. The normalized spacial score (nSPS) is 12.5. The zero-order valence-electron chi connectivity index (χ0n) is 19.1. The van der Waals surface area contributed by atoms with Gasteiger partial charge in [0.05, 0.1) is 17.1 Å². The highest BCUT2D eigenvalue weighted by atomic mass is 32.1. The van der Waals surface area contributed by atoms with Gasteiger partial charge in [0.15, 0.2) is 12.2 Å². The molecule has 0 spiro atoms. The van der Waals surface area contributed by atoms with E-state index in [1.807, 2.05) is 63.2 Å². The van der Waals surface area contributed by atoms with Crippen LogP contribution in [0.2, 0.25) is 0 Å². The Bertz CT molecular complexity index is 900. The van der Waals surface area contributed by atoms with Crippen LogP contribution in [0.1, 0.15) is 16.8 Å². The quantitative estimate of drug-likeness (QED) is 0.389. The third-order valence-corrected chi connectivity index (χ3v) is 5.49. The molecule has 0 aliphatic rings. The van der Waals surface area contributed by atoms with E-state index in [0.29, 0.717) is 6.42 Å². The van der Waals surface area contributed by atoms with Crippen molar-refractivity contribution >= 4 is 29.2 Å². The molecule has 1 heterocycles. The van der Waals surface area contributed by atoms with Gasteiger partial charge in [-0.05, 0) is 27.9 Å². The van der Waals surface area contributed by atoms with Gasteiger partial charge in [0.25, 0.3) is 0 Å². The SMILES string of the molecule is CCN(CCN(C)C)C(=O)Cc1sc(C)nc1-c1ccccc1.O=C(O)C(O)C(O)C(=O)O. The summed E-state index contributed by atoms with van der Waals surface area (Å²) in [5.74, 6) is -3.36. The molecule has 0 radical (unpaired) electrons. The van der Waals surface area contributed by atoms with E-state index in [1.54, 1.807) is 11.3 Å². The fourth-order valence-electron chi connectivity index (χ4n) is 2.71. The summed E-state index contributed by atoms with van der Waals surface area (Å²) in [4.78, 5) is 41.9. The Hall–Kier alpha value is -2.86. The predicted octanol–water partition coefficient (Wildman–Crippen LogP) is 0.949. The van der Waals surface area contributed by atoms with Gasteiger partial charge in [-0.25, -0.2) is 14.6 Å². The number of nitrogens with zero attached hydrogens (tertiary/aromatic N) is 3. The zero-order chi connectivity index (χ0) is 25.1. The number of rotatable bonds is 10. The highest BCUT2D eigenvalue weighted by Gasteiger charge is 2.29. The maximum atomic E-state index is 12.6. The highest BCUT2D eigenvalue weighted by molar-refractivity contribution is 7.12. The minimum atomic E-state index is -2.27. The number of aromatic nitrogens is 1. The Morgan fingerprint density at radius 3 is 2.00 bits per heavy atom. The molecule has 0 fully saturated rings. The number of carboxylic acids is 2. The first-order chi connectivity index (χ1) is 15.5. The Labute approximate surface area is 196 Å². The van der Waals surface area contributed by atoms with E-state index in [9.17, 15) is 14.4 Å². The average Bonchev–Trinajstić information content (AvgIpc) is 3.13. The van der Waals surface area contributed by atoms with Crippen LogP contribution < -0.4 is 0 Å². The summed E-state index contributed by atoms with van der Waals surface area (Å²) in [6.45, 7) is 6.41. The Kier molecular flexibility index (Phi) is 11.6. The van der Waals surface area contributed by atoms with Gasteiger partial charge in [-0.1, -0.05) is 30.3 Å². The number of likely N-dealkylation sites (N-methyl/N-ethyl adjacent to an activating group) is 2. The lowest BCUT2D eigenvalue weighted by Gasteiger charge is -2.22. The van der Waals surface area contributed by atoms with Crippen LogP contribution in [0, 0.1) is 6.92 Å². The Morgan fingerprint density at radius 1 is 1.00 bits per heavy atom. The Balaban J connectivity index is 0.000000461. The van der Waals surface area contributed by atoms with Crippen LogP contribution in [-0.2, 0) is 20.8 Å². The molecule has 182 valence electrons. The first-order valence-corrected chi connectivity index (χ1v) is 11.1. The van der Waals surface area contributed by atoms with E-state index in [0.717, 1.165) is 40.8 Å². The van der Waals surface area contributed by atoms with Crippen LogP contribution in [0.3, 0.4) is 0 Å². The van der Waals surface area contributed by atoms with Crippen LogP contribution >= 0.6 is 11.3 Å². The van der Waals surface area contributed by atoms with Crippen LogP contribution in [0.15, 0.2) is 30.3 Å². The molecule has 1 amide bonds. The van der Waals surface area contributed by atoms with Crippen molar-refractivity contribution in [2.45, 2.75) is 32.5 Å². The lowest BCUT2D eigenvalue weighted by Crippen LogP contribution is -2.39. The van der Waals surface area contributed by atoms with E-state index in [2.05, 4.69) is 9.88 Å². The fraction of sp³-hybridized carbons (Fsp3) is 0.455. The van der Waals surface area contributed by atoms with Gasteiger partial charge in [0, 0.05) is 30.1 Å². The molecular formula is C22H31N3O7S. The smallest absolute Gasteiger partial charge is 0.335 e. The number of carboxylic acid groups (broad SMARTS) is 2. The minimum absolute atomic E-state index is 0.176. The number of thiazole rings is 1. The van der Waals surface area contributed by atoms with Gasteiger partial charge in [-0.3, -0.25) is 4.79 Å². The fourth-order valence-corrected chi connectivity index (χ4v) is 3.66. The third-order valence-electron chi connectivity index (χ3n) is 4.52. The number of hydrogen-bond acceptors (Lipinski definition) is 8. The number of aliphatic hydroxyl groups is 2. The molecule has 2 unspecified atom stereocenters. The van der Waals surface area contributed by atoms with Crippen LogP contribution in [0.5, 0.6) is 0 Å². The average molecular weight is 482 g/mol. The number of carbonyl (C=O) groups is 3. The summed E-state index contributed by atoms with van der Waals surface area (Å²) in [6.07, 6.45) is -4.10. The summed E-state index contributed by atoms with van der Waals surface area (Å²) >= 11 is 1.62. The molecule has 0 saturated heterocycles. The second kappa shape index (κ2) is 13.6. The predicted molar refractivity (Wildman–Crippen MR) is 124 cm³/mol. The van der Waals surface area contributed by atoms with E-state index in [1.165, 1.54) is 0 Å². The van der Waals surface area contributed by atoms with Crippen molar-refractivity contribution in [1.82, 2.24) is 14.8 Å². The maximum Gasteiger partial charge on any atom is 0.335 e. The molecule has 0 aliphatic heterocycles. The second-order valence-corrected chi connectivity index (χ2v) is 8.68.